The van der Waals surface area contributed by atoms with E-state index in [1.54, 1.807) is 0 Å². The first-order valence-electron chi connectivity index (χ1n) is 8.32. The Morgan fingerprint density at radius 3 is 2.33 bits per heavy atom. The zero-order valence-electron chi connectivity index (χ0n) is 13.4. The first kappa shape index (κ1) is 16.5. The first-order valence-corrected chi connectivity index (χ1v) is 8.32. The van der Waals surface area contributed by atoms with Gasteiger partial charge in [0.15, 0.2) is 0 Å². The maximum absolute atomic E-state index is 9.54. The summed E-state index contributed by atoms with van der Waals surface area (Å²) in [5, 5.41) is 13.2. The summed E-state index contributed by atoms with van der Waals surface area (Å²) in [6.07, 6.45) is 4.75. The highest BCUT2D eigenvalue weighted by Crippen LogP contribution is 2.27. The van der Waals surface area contributed by atoms with Gasteiger partial charge in [-0.2, -0.15) is 0 Å². The Morgan fingerprint density at radius 2 is 1.76 bits per heavy atom. The largest absolute Gasteiger partial charge is 0.396 e. The summed E-state index contributed by atoms with van der Waals surface area (Å²) in [5.41, 5.74) is 8.60. The highest BCUT2D eigenvalue weighted by atomic mass is 16.3. The Labute approximate surface area is 128 Å². The molecule has 0 bridgehead atoms. The number of benzene rings is 1. The summed E-state index contributed by atoms with van der Waals surface area (Å²) >= 11 is 0. The Hall–Kier alpha value is -0.900. The van der Waals surface area contributed by atoms with E-state index in [9.17, 15) is 5.11 Å². The molecule has 1 fully saturated rings. The number of hydrogen-bond acceptors (Lipinski definition) is 3. The van der Waals surface area contributed by atoms with Crippen molar-refractivity contribution in [3.63, 3.8) is 0 Å². The average Bonchev–Trinajstić information content (AvgIpc) is 2.53. The Balaban J connectivity index is 2.04. The standard InChI is InChI=1S/C18H30N2O/c1-13(2)14-7-9-15(10-8-14)18(11-19)20-17-6-4-3-5-16(17)12-21/h7-10,13,16-18,20-21H,3-6,11-12,19H2,1-2H3. The number of rotatable bonds is 6. The van der Waals surface area contributed by atoms with Gasteiger partial charge in [-0.25, -0.2) is 0 Å². The number of hydrogen-bond donors (Lipinski definition) is 3. The minimum atomic E-state index is 0.184. The van der Waals surface area contributed by atoms with Crippen LogP contribution in [0.4, 0.5) is 0 Å². The fourth-order valence-electron chi connectivity index (χ4n) is 3.32. The summed E-state index contributed by atoms with van der Waals surface area (Å²) in [6.45, 7) is 5.29. The van der Waals surface area contributed by atoms with Crippen LogP contribution in [0.3, 0.4) is 0 Å². The third kappa shape index (κ3) is 4.29. The molecule has 1 aliphatic rings. The maximum atomic E-state index is 9.54. The SMILES string of the molecule is CC(C)c1ccc(C(CN)NC2CCCCC2CO)cc1. The molecule has 0 heterocycles. The van der Waals surface area contributed by atoms with Gasteiger partial charge >= 0.3 is 0 Å². The van der Waals surface area contributed by atoms with Crippen molar-refractivity contribution in [2.45, 2.75) is 57.5 Å². The topological polar surface area (TPSA) is 58.3 Å². The van der Waals surface area contributed by atoms with Gasteiger partial charge in [0, 0.05) is 25.2 Å². The highest BCUT2D eigenvalue weighted by Gasteiger charge is 2.26. The lowest BCUT2D eigenvalue weighted by molar-refractivity contribution is 0.146. The summed E-state index contributed by atoms with van der Waals surface area (Å²) in [7, 11) is 0. The van der Waals surface area contributed by atoms with Crippen LogP contribution in [0.1, 0.15) is 62.6 Å². The number of aliphatic hydroxyl groups is 1. The van der Waals surface area contributed by atoms with Crippen LogP contribution in [0.25, 0.3) is 0 Å². The molecule has 2 rings (SSSR count). The zero-order chi connectivity index (χ0) is 15.2. The van der Waals surface area contributed by atoms with Crippen LogP contribution in [-0.4, -0.2) is 24.3 Å². The van der Waals surface area contributed by atoms with Crippen LogP contribution >= 0.6 is 0 Å². The van der Waals surface area contributed by atoms with Gasteiger partial charge in [-0.1, -0.05) is 51.0 Å². The third-order valence-corrected chi connectivity index (χ3v) is 4.80. The molecule has 3 heteroatoms. The molecule has 0 saturated heterocycles. The molecule has 0 aliphatic heterocycles. The van der Waals surface area contributed by atoms with Crippen molar-refractivity contribution in [3.8, 4) is 0 Å². The number of nitrogens with one attached hydrogen (secondary N) is 1. The van der Waals surface area contributed by atoms with Crippen molar-refractivity contribution in [1.82, 2.24) is 5.32 Å². The van der Waals surface area contributed by atoms with Crippen LogP contribution < -0.4 is 11.1 Å². The molecule has 21 heavy (non-hydrogen) atoms. The molecule has 1 aromatic carbocycles. The van der Waals surface area contributed by atoms with Gasteiger partial charge in [-0.15, -0.1) is 0 Å². The van der Waals surface area contributed by atoms with Gasteiger partial charge in [0.25, 0.3) is 0 Å². The van der Waals surface area contributed by atoms with E-state index in [2.05, 4.69) is 43.4 Å². The van der Waals surface area contributed by atoms with Crippen molar-refractivity contribution in [2.75, 3.05) is 13.2 Å². The molecule has 0 spiro atoms. The quantitative estimate of drug-likeness (QED) is 0.755. The molecule has 0 radical (unpaired) electrons. The molecule has 3 atom stereocenters. The number of aliphatic hydroxyl groups excluding tert-OH is 1. The molecule has 0 amide bonds. The average molecular weight is 290 g/mol. The predicted octanol–water partition coefficient (Wildman–Crippen LogP) is 2.95. The second kappa shape index (κ2) is 7.92. The summed E-state index contributed by atoms with van der Waals surface area (Å²) in [4.78, 5) is 0. The monoisotopic (exact) mass is 290 g/mol. The van der Waals surface area contributed by atoms with E-state index in [-0.39, 0.29) is 12.6 Å². The molecular weight excluding hydrogens is 260 g/mol. The van der Waals surface area contributed by atoms with Gasteiger partial charge in [-0.3, -0.25) is 0 Å². The molecule has 3 nitrogen and oxygen atoms in total. The lowest BCUT2D eigenvalue weighted by Crippen LogP contribution is -2.44. The van der Waals surface area contributed by atoms with Crippen LogP contribution in [0.5, 0.6) is 0 Å². The van der Waals surface area contributed by atoms with Gasteiger partial charge in [0.1, 0.15) is 0 Å². The number of nitrogens with two attached hydrogens (primary N) is 1. The molecular formula is C18H30N2O. The zero-order valence-corrected chi connectivity index (χ0v) is 13.4. The van der Waals surface area contributed by atoms with E-state index in [4.69, 9.17) is 5.73 Å². The van der Waals surface area contributed by atoms with Crippen molar-refractivity contribution >= 4 is 0 Å². The van der Waals surface area contributed by atoms with E-state index in [0.29, 0.717) is 24.4 Å². The summed E-state index contributed by atoms with van der Waals surface area (Å²) < 4.78 is 0. The highest BCUT2D eigenvalue weighted by molar-refractivity contribution is 5.27. The summed E-state index contributed by atoms with van der Waals surface area (Å²) in [6, 6.07) is 9.36. The second-order valence-corrected chi connectivity index (χ2v) is 6.61. The Morgan fingerprint density at radius 1 is 1.14 bits per heavy atom. The van der Waals surface area contributed by atoms with Crippen molar-refractivity contribution in [3.05, 3.63) is 35.4 Å². The molecule has 1 saturated carbocycles. The van der Waals surface area contributed by atoms with E-state index in [1.165, 1.54) is 24.0 Å². The fraction of sp³-hybridized carbons (Fsp3) is 0.667. The lowest BCUT2D eigenvalue weighted by atomic mass is 9.84. The van der Waals surface area contributed by atoms with E-state index in [1.807, 2.05) is 0 Å². The van der Waals surface area contributed by atoms with E-state index >= 15 is 0 Å². The predicted molar refractivity (Wildman–Crippen MR) is 88.3 cm³/mol. The fourth-order valence-corrected chi connectivity index (χ4v) is 3.32. The van der Waals surface area contributed by atoms with Gasteiger partial charge in [0.05, 0.1) is 0 Å². The smallest absolute Gasteiger partial charge is 0.0474 e. The molecule has 118 valence electrons. The Kier molecular flexibility index (Phi) is 6.22. The lowest BCUT2D eigenvalue weighted by Gasteiger charge is -2.34. The second-order valence-electron chi connectivity index (χ2n) is 6.61. The Bertz CT molecular complexity index is 416. The molecule has 1 aliphatic carbocycles. The molecule has 3 unspecified atom stereocenters. The molecule has 0 aromatic heterocycles. The van der Waals surface area contributed by atoms with Crippen LogP contribution in [-0.2, 0) is 0 Å². The van der Waals surface area contributed by atoms with Crippen LogP contribution in [0.2, 0.25) is 0 Å². The van der Waals surface area contributed by atoms with Crippen LogP contribution in [0.15, 0.2) is 24.3 Å². The van der Waals surface area contributed by atoms with Crippen molar-refractivity contribution < 1.29 is 5.11 Å². The van der Waals surface area contributed by atoms with Crippen LogP contribution in [0, 0.1) is 5.92 Å². The van der Waals surface area contributed by atoms with Gasteiger partial charge in [0.2, 0.25) is 0 Å². The molecule has 1 aromatic rings. The summed E-state index contributed by atoms with van der Waals surface area (Å²) in [5.74, 6) is 0.934. The maximum Gasteiger partial charge on any atom is 0.0474 e. The van der Waals surface area contributed by atoms with E-state index < -0.39 is 0 Å². The normalized spacial score (nSPS) is 24.2. The van der Waals surface area contributed by atoms with Crippen molar-refractivity contribution in [1.29, 1.82) is 0 Å². The van der Waals surface area contributed by atoms with Crippen molar-refractivity contribution in [2.24, 2.45) is 11.7 Å². The third-order valence-electron chi connectivity index (χ3n) is 4.80. The first-order chi connectivity index (χ1) is 10.2. The molecule has 4 N–H and O–H groups in total. The van der Waals surface area contributed by atoms with E-state index in [0.717, 1.165) is 12.8 Å². The van der Waals surface area contributed by atoms with Gasteiger partial charge in [-0.05, 0) is 35.8 Å². The minimum absolute atomic E-state index is 0.184. The van der Waals surface area contributed by atoms with Gasteiger partial charge < -0.3 is 16.2 Å². The minimum Gasteiger partial charge on any atom is -0.396 e.